The number of aliphatic hydroxyl groups is 2. The molecule has 2 N–H and O–H groups in total. The third kappa shape index (κ3) is 1.46. The Kier molecular flexibility index (Phi) is 1.80. The highest BCUT2D eigenvalue weighted by molar-refractivity contribution is 5.31. The molecular weight excluding hydrogens is 140 g/mol. The summed E-state index contributed by atoms with van der Waals surface area (Å²) < 4.78 is 0. The van der Waals surface area contributed by atoms with E-state index < -0.39 is 6.10 Å². The average molecular weight is 154 g/mol. The van der Waals surface area contributed by atoms with Crippen molar-refractivity contribution < 1.29 is 10.2 Å². The van der Waals surface area contributed by atoms with E-state index in [0.717, 1.165) is 5.57 Å². The first-order chi connectivity index (χ1) is 4.93. The van der Waals surface area contributed by atoms with Crippen molar-refractivity contribution in [2.24, 2.45) is 5.41 Å². The van der Waals surface area contributed by atoms with E-state index in [1.54, 1.807) is 0 Å². The number of allylic oxidation sites excluding steroid dienone is 1. The third-order valence-corrected chi connectivity index (χ3v) is 2.07. The molecule has 0 aliphatic heterocycles. The lowest BCUT2D eigenvalue weighted by atomic mass is 9.81. The summed E-state index contributed by atoms with van der Waals surface area (Å²) in [6, 6.07) is 0. The Labute approximate surface area is 66.9 Å². The van der Waals surface area contributed by atoms with Crippen molar-refractivity contribution in [2.75, 3.05) is 0 Å². The van der Waals surface area contributed by atoms with Gasteiger partial charge in [-0.3, -0.25) is 0 Å². The Balaban J connectivity index is 2.98. The predicted molar refractivity (Wildman–Crippen MR) is 44.3 cm³/mol. The van der Waals surface area contributed by atoms with Crippen molar-refractivity contribution in [2.45, 2.75) is 26.9 Å². The minimum absolute atomic E-state index is 0.192. The quantitative estimate of drug-likeness (QED) is 0.558. The van der Waals surface area contributed by atoms with Crippen molar-refractivity contribution in [1.82, 2.24) is 0 Å². The van der Waals surface area contributed by atoms with Gasteiger partial charge in [0.25, 0.3) is 0 Å². The molecule has 1 rings (SSSR count). The first kappa shape index (κ1) is 8.34. The van der Waals surface area contributed by atoms with E-state index in [0.29, 0.717) is 0 Å². The first-order valence-corrected chi connectivity index (χ1v) is 3.72. The van der Waals surface area contributed by atoms with Crippen molar-refractivity contribution in [3.8, 4) is 0 Å². The molecule has 0 radical (unpaired) electrons. The zero-order valence-electron chi connectivity index (χ0n) is 7.13. The van der Waals surface area contributed by atoms with E-state index in [1.807, 2.05) is 26.8 Å². The molecule has 0 spiro atoms. The number of rotatable bonds is 0. The molecule has 0 fully saturated rings. The largest absolute Gasteiger partial charge is 0.508 e. The molecule has 0 saturated heterocycles. The normalized spacial score (nSPS) is 29.3. The molecule has 0 saturated carbocycles. The summed E-state index contributed by atoms with van der Waals surface area (Å²) in [6.07, 6.45) is 2.79. The van der Waals surface area contributed by atoms with Gasteiger partial charge in [0.1, 0.15) is 5.76 Å². The second-order valence-electron chi connectivity index (χ2n) is 3.65. The fraction of sp³-hybridized carbons (Fsp3) is 0.556. The first-order valence-electron chi connectivity index (χ1n) is 3.72. The second-order valence-corrected chi connectivity index (χ2v) is 3.65. The molecule has 2 heteroatoms. The minimum Gasteiger partial charge on any atom is -0.508 e. The van der Waals surface area contributed by atoms with E-state index in [9.17, 15) is 10.2 Å². The van der Waals surface area contributed by atoms with Crippen LogP contribution < -0.4 is 0 Å². The van der Waals surface area contributed by atoms with Crippen LogP contribution >= 0.6 is 0 Å². The monoisotopic (exact) mass is 154 g/mol. The summed E-state index contributed by atoms with van der Waals surface area (Å²) in [5, 5.41) is 18.7. The molecule has 1 atom stereocenters. The van der Waals surface area contributed by atoms with Gasteiger partial charge in [0.2, 0.25) is 0 Å². The Morgan fingerprint density at radius 3 is 2.45 bits per heavy atom. The van der Waals surface area contributed by atoms with E-state index in [2.05, 4.69) is 0 Å². The summed E-state index contributed by atoms with van der Waals surface area (Å²) in [5.74, 6) is 0.192. The van der Waals surface area contributed by atoms with Gasteiger partial charge in [0.05, 0.1) is 6.10 Å². The zero-order valence-corrected chi connectivity index (χ0v) is 7.13. The maximum Gasteiger partial charge on any atom is 0.116 e. The highest BCUT2D eigenvalue weighted by atomic mass is 16.3. The number of aliphatic hydroxyl groups excluding tert-OH is 2. The average Bonchev–Trinajstić information content (AvgIpc) is 1.83. The van der Waals surface area contributed by atoms with E-state index in [1.165, 1.54) is 6.08 Å². The molecule has 2 nitrogen and oxygen atoms in total. The molecule has 0 amide bonds. The Morgan fingerprint density at radius 2 is 2.00 bits per heavy atom. The van der Waals surface area contributed by atoms with Crippen molar-refractivity contribution in [3.63, 3.8) is 0 Å². The Morgan fingerprint density at radius 1 is 1.45 bits per heavy atom. The lowest BCUT2D eigenvalue weighted by Crippen LogP contribution is -2.28. The molecule has 1 aliphatic carbocycles. The molecule has 1 unspecified atom stereocenters. The molecule has 1 aliphatic rings. The van der Waals surface area contributed by atoms with Crippen LogP contribution in [0.1, 0.15) is 20.8 Å². The maximum absolute atomic E-state index is 9.44. The maximum atomic E-state index is 9.44. The van der Waals surface area contributed by atoms with Crippen LogP contribution in [0.25, 0.3) is 0 Å². The fourth-order valence-electron chi connectivity index (χ4n) is 1.21. The van der Waals surface area contributed by atoms with E-state index >= 15 is 0 Å². The van der Waals surface area contributed by atoms with Crippen LogP contribution in [0.2, 0.25) is 0 Å². The van der Waals surface area contributed by atoms with Gasteiger partial charge in [-0.05, 0) is 18.6 Å². The SMILES string of the molecule is CC1=CC(C)(C)C(O)C=C1O. The Hall–Kier alpha value is -0.760. The van der Waals surface area contributed by atoms with Crippen LogP contribution in [0.5, 0.6) is 0 Å². The van der Waals surface area contributed by atoms with Crippen LogP contribution in [0.4, 0.5) is 0 Å². The summed E-state index contributed by atoms with van der Waals surface area (Å²) >= 11 is 0. The van der Waals surface area contributed by atoms with E-state index in [4.69, 9.17) is 0 Å². The number of hydrogen-bond donors (Lipinski definition) is 2. The summed E-state index contributed by atoms with van der Waals surface area (Å²) in [5.41, 5.74) is 0.580. The smallest absolute Gasteiger partial charge is 0.116 e. The summed E-state index contributed by atoms with van der Waals surface area (Å²) in [7, 11) is 0. The molecule has 11 heavy (non-hydrogen) atoms. The summed E-state index contributed by atoms with van der Waals surface area (Å²) in [6.45, 7) is 5.70. The van der Waals surface area contributed by atoms with Crippen LogP contribution in [-0.2, 0) is 0 Å². The fourth-order valence-corrected chi connectivity index (χ4v) is 1.21. The second kappa shape index (κ2) is 2.38. The van der Waals surface area contributed by atoms with Gasteiger partial charge in [-0.2, -0.15) is 0 Å². The number of hydrogen-bond acceptors (Lipinski definition) is 2. The molecule has 0 aromatic carbocycles. The molecule has 0 bridgehead atoms. The lowest BCUT2D eigenvalue weighted by Gasteiger charge is -2.29. The zero-order chi connectivity index (χ0) is 8.65. The molecular formula is C9H14O2. The van der Waals surface area contributed by atoms with Gasteiger partial charge >= 0.3 is 0 Å². The minimum atomic E-state index is -0.578. The molecule has 62 valence electrons. The van der Waals surface area contributed by atoms with Crippen molar-refractivity contribution in [3.05, 3.63) is 23.5 Å². The van der Waals surface area contributed by atoms with Gasteiger partial charge in [0, 0.05) is 5.41 Å². The van der Waals surface area contributed by atoms with Crippen LogP contribution in [0.15, 0.2) is 23.5 Å². The van der Waals surface area contributed by atoms with Crippen LogP contribution in [0.3, 0.4) is 0 Å². The van der Waals surface area contributed by atoms with Gasteiger partial charge in [-0.25, -0.2) is 0 Å². The molecule has 0 aromatic rings. The predicted octanol–water partition coefficient (Wildman–Crippen LogP) is 1.78. The van der Waals surface area contributed by atoms with Gasteiger partial charge in [0.15, 0.2) is 0 Å². The molecule has 0 aromatic heterocycles. The van der Waals surface area contributed by atoms with Crippen LogP contribution in [0, 0.1) is 5.41 Å². The van der Waals surface area contributed by atoms with Gasteiger partial charge in [-0.15, -0.1) is 0 Å². The highest BCUT2D eigenvalue weighted by Crippen LogP contribution is 2.31. The van der Waals surface area contributed by atoms with E-state index in [-0.39, 0.29) is 11.2 Å². The third-order valence-electron chi connectivity index (χ3n) is 2.07. The van der Waals surface area contributed by atoms with Gasteiger partial charge < -0.3 is 10.2 Å². The standard InChI is InChI=1S/C9H14O2/c1-6-5-9(2,3)8(11)4-7(6)10/h4-5,8,10-11H,1-3H3. The van der Waals surface area contributed by atoms with Crippen molar-refractivity contribution in [1.29, 1.82) is 0 Å². The molecule has 0 heterocycles. The summed E-state index contributed by atoms with van der Waals surface area (Å²) in [4.78, 5) is 0. The van der Waals surface area contributed by atoms with Crippen molar-refractivity contribution >= 4 is 0 Å². The van der Waals surface area contributed by atoms with Gasteiger partial charge in [-0.1, -0.05) is 19.9 Å². The highest BCUT2D eigenvalue weighted by Gasteiger charge is 2.28. The topological polar surface area (TPSA) is 40.5 Å². The van der Waals surface area contributed by atoms with Crippen LogP contribution in [-0.4, -0.2) is 16.3 Å². The lowest BCUT2D eigenvalue weighted by molar-refractivity contribution is 0.118. The Bertz CT molecular complexity index is 224.